The van der Waals surface area contributed by atoms with E-state index in [9.17, 15) is 9.59 Å². The van der Waals surface area contributed by atoms with Crippen LogP contribution in [0.5, 0.6) is 0 Å². The van der Waals surface area contributed by atoms with Crippen LogP contribution in [-0.2, 0) is 14.3 Å². The predicted octanol–water partition coefficient (Wildman–Crippen LogP) is 3.18. The van der Waals surface area contributed by atoms with E-state index in [0.717, 1.165) is 6.21 Å². The predicted molar refractivity (Wildman–Crippen MR) is 97.7 cm³/mol. The van der Waals surface area contributed by atoms with E-state index in [1.165, 1.54) is 0 Å². The topological polar surface area (TPSA) is 101 Å². The smallest absolute Gasteiger partial charge is 0.412 e. The van der Waals surface area contributed by atoms with Crippen molar-refractivity contribution in [2.45, 2.75) is 33.3 Å². The average Bonchev–Trinajstić information content (AvgIpc) is 2.51. The van der Waals surface area contributed by atoms with E-state index in [4.69, 9.17) is 14.9 Å². The molecule has 0 unspecified atom stereocenters. The second-order valence-corrected chi connectivity index (χ2v) is 6.11. The molecule has 0 saturated heterocycles. The lowest BCUT2D eigenvalue weighted by molar-refractivity contribution is -0.137. The number of ether oxygens (including phenoxy) is 2. The van der Waals surface area contributed by atoms with Crippen molar-refractivity contribution in [2.75, 3.05) is 19.0 Å². The largest absolute Gasteiger partial charge is 0.462 e. The first kappa shape index (κ1) is 20.2. The molecule has 1 amide bonds. The van der Waals surface area contributed by atoms with Crippen molar-refractivity contribution in [3.8, 4) is 0 Å². The lowest BCUT2D eigenvalue weighted by Crippen LogP contribution is -2.27. The third-order valence-electron chi connectivity index (χ3n) is 2.98. The number of benzene rings is 1. The Morgan fingerprint density at radius 3 is 2.24 bits per heavy atom. The molecule has 1 aromatic carbocycles. The van der Waals surface area contributed by atoms with Crippen LogP contribution in [-0.4, -0.2) is 37.5 Å². The first-order valence-corrected chi connectivity index (χ1v) is 7.92. The number of carbonyl (C=O) groups is 2. The van der Waals surface area contributed by atoms with Gasteiger partial charge in [0.05, 0.1) is 12.3 Å². The molecule has 0 fully saturated rings. The molecule has 0 aliphatic carbocycles. The third-order valence-corrected chi connectivity index (χ3v) is 2.98. The van der Waals surface area contributed by atoms with Gasteiger partial charge in [-0.25, -0.2) is 9.59 Å². The Balaban J connectivity index is 3.01. The summed E-state index contributed by atoms with van der Waals surface area (Å²) >= 11 is 0. The molecule has 1 rings (SSSR count). The van der Waals surface area contributed by atoms with Crippen LogP contribution in [0.25, 0.3) is 5.70 Å². The summed E-state index contributed by atoms with van der Waals surface area (Å²) in [6.45, 7) is 7.29. The maximum atomic E-state index is 11.9. The Bertz CT molecular complexity index is 658. The molecule has 0 saturated carbocycles. The molecule has 0 atom stereocenters. The molecule has 0 radical (unpaired) electrons. The second kappa shape index (κ2) is 8.86. The molecular weight excluding hydrogens is 322 g/mol. The fourth-order valence-corrected chi connectivity index (χ4v) is 2.02. The summed E-state index contributed by atoms with van der Waals surface area (Å²) in [4.78, 5) is 23.7. The molecule has 0 bridgehead atoms. The Morgan fingerprint density at radius 1 is 1.20 bits per heavy atom. The fourth-order valence-electron chi connectivity index (χ4n) is 2.02. The van der Waals surface area contributed by atoms with Crippen LogP contribution >= 0.6 is 0 Å². The van der Waals surface area contributed by atoms with Crippen LogP contribution in [0.2, 0.25) is 0 Å². The first-order valence-electron chi connectivity index (χ1n) is 7.92. The Labute approximate surface area is 147 Å². The molecule has 136 valence electrons. The third kappa shape index (κ3) is 6.29. The maximum Gasteiger partial charge on any atom is 0.412 e. The van der Waals surface area contributed by atoms with Gasteiger partial charge in [0.25, 0.3) is 0 Å². The van der Waals surface area contributed by atoms with Crippen LogP contribution in [0.3, 0.4) is 0 Å². The van der Waals surface area contributed by atoms with Crippen LogP contribution < -0.4 is 10.6 Å². The van der Waals surface area contributed by atoms with E-state index in [1.54, 1.807) is 59.0 Å². The lowest BCUT2D eigenvalue weighted by atomic mass is 10.1. The summed E-state index contributed by atoms with van der Waals surface area (Å²) < 4.78 is 10.2. The van der Waals surface area contributed by atoms with Crippen molar-refractivity contribution in [1.82, 2.24) is 5.32 Å². The van der Waals surface area contributed by atoms with E-state index < -0.39 is 17.7 Å². The van der Waals surface area contributed by atoms with Crippen molar-refractivity contribution in [1.29, 1.82) is 5.41 Å². The number of hydrogen-bond donors (Lipinski definition) is 3. The van der Waals surface area contributed by atoms with Gasteiger partial charge in [0.2, 0.25) is 0 Å². The van der Waals surface area contributed by atoms with Gasteiger partial charge in [-0.15, -0.1) is 0 Å². The molecular formula is C18H25N3O4. The first-order chi connectivity index (χ1) is 11.7. The number of nitrogens with one attached hydrogen (secondary N) is 3. The van der Waals surface area contributed by atoms with Gasteiger partial charge < -0.3 is 20.2 Å². The Kier molecular flexibility index (Phi) is 7.17. The van der Waals surface area contributed by atoms with Crippen LogP contribution in [0.15, 0.2) is 29.8 Å². The SMILES string of the molecule is CCOC(=O)/C(C=N)=C(/NC)c1ccc(NC(=O)OC(C)(C)C)cc1. The molecule has 0 aromatic heterocycles. The molecule has 0 aliphatic rings. The highest BCUT2D eigenvalue weighted by molar-refractivity contribution is 6.15. The zero-order valence-corrected chi connectivity index (χ0v) is 15.2. The number of rotatable bonds is 6. The van der Waals surface area contributed by atoms with Crippen LogP contribution in [0.1, 0.15) is 33.3 Å². The summed E-state index contributed by atoms with van der Waals surface area (Å²) in [5, 5.41) is 13.0. The molecule has 7 heteroatoms. The molecule has 7 nitrogen and oxygen atoms in total. The van der Waals surface area contributed by atoms with Crippen molar-refractivity contribution >= 4 is 29.7 Å². The van der Waals surface area contributed by atoms with Crippen molar-refractivity contribution < 1.29 is 19.1 Å². The minimum absolute atomic E-state index is 0.122. The van der Waals surface area contributed by atoms with E-state index in [0.29, 0.717) is 16.9 Å². The van der Waals surface area contributed by atoms with Crippen molar-refractivity contribution in [3.05, 3.63) is 35.4 Å². The summed E-state index contributed by atoms with van der Waals surface area (Å²) in [6.07, 6.45) is 0.410. The minimum atomic E-state index is -0.579. The highest BCUT2D eigenvalue weighted by Gasteiger charge is 2.17. The van der Waals surface area contributed by atoms with E-state index in [2.05, 4.69) is 10.6 Å². The number of hydrogen-bond acceptors (Lipinski definition) is 6. The van der Waals surface area contributed by atoms with Gasteiger partial charge in [-0.05, 0) is 45.4 Å². The zero-order chi connectivity index (χ0) is 19.0. The maximum absolute atomic E-state index is 11.9. The summed E-state index contributed by atoms with van der Waals surface area (Å²) in [7, 11) is 1.66. The van der Waals surface area contributed by atoms with E-state index in [-0.39, 0.29) is 12.2 Å². The Hall–Kier alpha value is -2.83. The lowest BCUT2D eigenvalue weighted by Gasteiger charge is -2.19. The van der Waals surface area contributed by atoms with Gasteiger partial charge in [-0.3, -0.25) is 5.32 Å². The monoisotopic (exact) mass is 347 g/mol. The fraction of sp³-hybridized carbons (Fsp3) is 0.389. The molecule has 3 N–H and O–H groups in total. The highest BCUT2D eigenvalue weighted by atomic mass is 16.6. The van der Waals surface area contributed by atoms with Crippen molar-refractivity contribution in [3.63, 3.8) is 0 Å². The second-order valence-electron chi connectivity index (χ2n) is 6.11. The minimum Gasteiger partial charge on any atom is -0.462 e. The van der Waals surface area contributed by atoms with Gasteiger partial charge >= 0.3 is 12.1 Å². The van der Waals surface area contributed by atoms with Crippen LogP contribution in [0.4, 0.5) is 10.5 Å². The average molecular weight is 347 g/mol. The van der Waals surface area contributed by atoms with Gasteiger partial charge in [0, 0.05) is 18.9 Å². The standard InChI is InChI=1S/C18H25N3O4/c1-6-24-16(22)14(11-19)15(20-5)12-7-9-13(10-8-12)21-17(23)25-18(2,3)4/h7-11,19-20H,6H2,1-5H3,(H,21,23)/b15-14+,19-11?. The molecule has 1 aromatic rings. The molecule has 25 heavy (non-hydrogen) atoms. The van der Waals surface area contributed by atoms with Crippen LogP contribution in [0, 0.1) is 5.41 Å². The van der Waals surface area contributed by atoms with Gasteiger partial charge in [0.1, 0.15) is 11.2 Å². The van der Waals surface area contributed by atoms with Crippen molar-refractivity contribution in [2.24, 2.45) is 0 Å². The summed E-state index contributed by atoms with van der Waals surface area (Å²) in [6, 6.07) is 6.81. The normalized spacial score (nSPS) is 11.9. The number of esters is 1. The summed E-state index contributed by atoms with van der Waals surface area (Å²) in [5.74, 6) is -0.571. The van der Waals surface area contributed by atoms with E-state index >= 15 is 0 Å². The van der Waals surface area contributed by atoms with E-state index in [1.807, 2.05) is 0 Å². The highest BCUT2D eigenvalue weighted by Crippen LogP contribution is 2.19. The number of anilines is 1. The van der Waals surface area contributed by atoms with Gasteiger partial charge in [-0.2, -0.15) is 0 Å². The molecule has 0 aliphatic heterocycles. The number of amides is 1. The zero-order valence-electron chi connectivity index (χ0n) is 15.2. The quantitative estimate of drug-likeness (QED) is 0.417. The summed E-state index contributed by atoms with van der Waals surface area (Å²) in [5.41, 5.74) is 1.25. The van der Waals surface area contributed by atoms with Gasteiger partial charge in [0.15, 0.2) is 0 Å². The Morgan fingerprint density at radius 2 is 1.80 bits per heavy atom. The molecule has 0 spiro atoms. The van der Waals surface area contributed by atoms with Gasteiger partial charge in [-0.1, -0.05) is 12.1 Å². The number of carbonyl (C=O) groups excluding carboxylic acids is 2. The molecule has 0 heterocycles.